The fraction of sp³-hybridized carbons (Fsp3) is 0.476. The first-order chi connectivity index (χ1) is 12.8. The van der Waals surface area contributed by atoms with E-state index in [1.54, 1.807) is 6.20 Å². The minimum atomic E-state index is -0.284. The van der Waals surface area contributed by atoms with Crippen LogP contribution >= 0.6 is 11.8 Å². The smallest absolute Gasteiger partial charge is 0.273 e. The van der Waals surface area contributed by atoms with Crippen LogP contribution < -0.4 is 10.9 Å². The molecule has 0 aliphatic rings. The summed E-state index contributed by atoms with van der Waals surface area (Å²) in [7, 11) is 0. The Balaban J connectivity index is 2.05. The summed E-state index contributed by atoms with van der Waals surface area (Å²) in [6.45, 7) is 11.2. The second kappa shape index (κ2) is 9.74. The molecular weight excluding hydrogens is 358 g/mol. The first-order valence-electron chi connectivity index (χ1n) is 9.41. The van der Waals surface area contributed by atoms with Gasteiger partial charge in [-0.25, -0.2) is 0 Å². The number of carbonyl (C=O) groups is 1. The van der Waals surface area contributed by atoms with Gasteiger partial charge >= 0.3 is 0 Å². The molecule has 6 heteroatoms. The third-order valence-electron chi connectivity index (χ3n) is 4.47. The van der Waals surface area contributed by atoms with Crippen LogP contribution in [0.15, 0.2) is 46.5 Å². The highest BCUT2D eigenvalue weighted by Crippen LogP contribution is 2.24. The van der Waals surface area contributed by atoms with Crippen LogP contribution in [0.1, 0.15) is 57.7 Å². The molecule has 1 atom stereocenters. The third kappa shape index (κ3) is 5.96. The fourth-order valence-corrected chi connectivity index (χ4v) is 3.69. The summed E-state index contributed by atoms with van der Waals surface area (Å²) in [5, 5.41) is 3.70. The summed E-state index contributed by atoms with van der Waals surface area (Å²) in [6, 6.07) is 9.84. The second-order valence-corrected chi connectivity index (χ2v) is 8.18. The van der Waals surface area contributed by atoms with E-state index in [2.05, 4.69) is 62.3 Å². The number of amides is 1. The summed E-state index contributed by atoms with van der Waals surface area (Å²) in [5.41, 5.74) is 2.11. The lowest BCUT2D eigenvalue weighted by molar-refractivity contribution is -0.119. The molecule has 0 aliphatic heterocycles. The molecule has 1 unspecified atom stereocenters. The Labute approximate surface area is 165 Å². The Morgan fingerprint density at radius 3 is 2.30 bits per heavy atom. The number of hydrogen-bond donors (Lipinski definition) is 1. The SMILES string of the molecule is CCn1ccc(=O)nc1SCC(=O)NC(c1ccc(C(C)C)cc1)C(C)C. The maximum atomic E-state index is 12.5. The van der Waals surface area contributed by atoms with Gasteiger partial charge in [0.15, 0.2) is 5.16 Å². The second-order valence-electron chi connectivity index (χ2n) is 7.23. The normalized spacial score (nSPS) is 12.4. The van der Waals surface area contributed by atoms with Gasteiger partial charge in [-0.1, -0.05) is 63.7 Å². The van der Waals surface area contributed by atoms with Crippen LogP contribution in [0.4, 0.5) is 0 Å². The summed E-state index contributed by atoms with van der Waals surface area (Å²) in [5.74, 6) is 0.918. The number of nitrogens with zero attached hydrogens (tertiary/aromatic N) is 2. The van der Waals surface area contributed by atoms with Crippen molar-refractivity contribution >= 4 is 17.7 Å². The van der Waals surface area contributed by atoms with Crippen LogP contribution in [0.5, 0.6) is 0 Å². The highest BCUT2D eigenvalue weighted by molar-refractivity contribution is 7.99. The van der Waals surface area contributed by atoms with Gasteiger partial charge in [-0.2, -0.15) is 4.98 Å². The van der Waals surface area contributed by atoms with Gasteiger partial charge < -0.3 is 9.88 Å². The van der Waals surface area contributed by atoms with Crippen molar-refractivity contribution in [3.05, 3.63) is 58.0 Å². The Bertz CT molecular complexity index is 813. The molecule has 1 aromatic carbocycles. The average Bonchev–Trinajstić information content (AvgIpc) is 2.64. The van der Waals surface area contributed by atoms with Crippen LogP contribution in [-0.4, -0.2) is 21.2 Å². The molecule has 0 fully saturated rings. The van der Waals surface area contributed by atoms with Crippen LogP contribution in [0, 0.1) is 5.92 Å². The molecule has 1 amide bonds. The highest BCUT2D eigenvalue weighted by Gasteiger charge is 2.19. The maximum absolute atomic E-state index is 12.5. The van der Waals surface area contributed by atoms with E-state index in [9.17, 15) is 9.59 Å². The van der Waals surface area contributed by atoms with Crippen LogP contribution in [0.2, 0.25) is 0 Å². The molecule has 1 N–H and O–H groups in total. The van der Waals surface area contributed by atoms with Crippen molar-refractivity contribution in [1.82, 2.24) is 14.9 Å². The molecule has 0 saturated heterocycles. The first-order valence-corrected chi connectivity index (χ1v) is 10.4. The summed E-state index contributed by atoms with van der Waals surface area (Å²) in [4.78, 5) is 28.0. The van der Waals surface area contributed by atoms with Gasteiger partial charge in [-0.3, -0.25) is 9.59 Å². The van der Waals surface area contributed by atoms with Crippen LogP contribution in [-0.2, 0) is 11.3 Å². The highest BCUT2D eigenvalue weighted by atomic mass is 32.2. The van der Waals surface area contributed by atoms with Gasteiger partial charge in [-0.05, 0) is 29.9 Å². The quantitative estimate of drug-likeness (QED) is 0.549. The maximum Gasteiger partial charge on any atom is 0.273 e. The number of aromatic nitrogens is 2. The van der Waals surface area contributed by atoms with Gasteiger partial charge in [-0.15, -0.1) is 0 Å². The van der Waals surface area contributed by atoms with E-state index in [-0.39, 0.29) is 29.2 Å². The monoisotopic (exact) mass is 387 g/mol. The average molecular weight is 388 g/mol. The lowest BCUT2D eigenvalue weighted by Crippen LogP contribution is -2.33. The number of rotatable bonds is 8. The topological polar surface area (TPSA) is 64.0 Å². The molecule has 5 nitrogen and oxygen atoms in total. The van der Waals surface area contributed by atoms with Gasteiger partial charge in [0.2, 0.25) is 5.91 Å². The van der Waals surface area contributed by atoms with E-state index >= 15 is 0 Å². The van der Waals surface area contributed by atoms with Crippen molar-refractivity contribution in [2.45, 2.75) is 58.3 Å². The zero-order valence-electron chi connectivity index (χ0n) is 16.7. The lowest BCUT2D eigenvalue weighted by atomic mass is 9.93. The summed E-state index contributed by atoms with van der Waals surface area (Å²) >= 11 is 1.29. The van der Waals surface area contributed by atoms with Crippen LogP contribution in [0.3, 0.4) is 0 Å². The van der Waals surface area contributed by atoms with Crippen LogP contribution in [0.25, 0.3) is 0 Å². The van der Waals surface area contributed by atoms with E-state index in [0.717, 1.165) is 5.56 Å². The van der Waals surface area contributed by atoms with Crippen molar-refractivity contribution in [3.8, 4) is 0 Å². The van der Waals surface area contributed by atoms with Gasteiger partial charge in [0, 0.05) is 18.8 Å². The molecule has 146 valence electrons. The molecule has 0 radical (unpaired) electrons. The third-order valence-corrected chi connectivity index (χ3v) is 5.46. The number of carbonyl (C=O) groups excluding carboxylic acids is 1. The van der Waals surface area contributed by atoms with Crippen molar-refractivity contribution < 1.29 is 4.79 Å². The van der Waals surface area contributed by atoms with Crippen molar-refractivity contribution in [3.63, 3.8) is 0 Å². The number of benzene rings is 1. The minimum absolute atomic E-state index is 0.0450. The number of thioether (sulfide) groups is 1. The minimum Gasteiger partial charge on any atom is -0.348 e. The first kappa shape index (κ1) is 21.2. The Morgan fingerprint density at radius 1 is 1.11 bits per heavy atom. The number of hydrogen-bond acceptors (Lipinski definition) is 4. The summed E-state index contributed by atoms with van der Waals surface area (Å²) < 4.78 is 1.86. The predicted molar refractivity (Wildman–Crippen MR) is 111 cm³/mol. The van der Waals surface area contributed by atoms with Crippen molar-refractivity contribution in [2.75, 3.05) is 5.75 Å². The standard InChI is InChI=1S/C21H29N3O2S/c1-6-24-12-11-18(25)23-21(24)27-13-19(26)22-20(15(4)5)17-9-7-16(8-10-17)14(2)3/h7-12,14-15,20H,6,13H2,1-5H3,(H,22,26). The number of aryl methyl sites for hydroxylation is 1. The fourth-order valence-electron chi connectivity index (χ4n) is 2.84. The molecule has 2 rings (SSSR count). The van der Waals surface area contributed by atoms with E-state index < -0.39 is 0 Å². The molecule has 0 aliphatic carbocycles. The van der Waals surface area contributed by atoms with E-state index in [0.29, 0.717) is 17.6 Å². The zero-order chi connectivity index (χ0) is 20.0. The Kier molecular flexibility index (Phi) is 7.66. The van der Waals surface area contributed by atoms with E-state index in [1.165, 1.54) is 23.4 Å². The molecule has 1 heterocycles. The van der Waals surface area contributed by atoms with Gasteiger partial charge in [0.25, 0.3) is 5.56 Å². The van der Waals surface area contributed by atoms with Crippen molar-refractivity contribution in [2.24, 2.45) is 5.92 Å². The summed E-state index contributed by atoms with van der Waals surface area (Å²) in [6.07, 6.45) is 1.71. The Hall–Kier alpha value is -2.08. The lowest BCUT2D eigenvalue weighted by Gasteiger charge is -2.23. The van der Waals surface area contributed by atoms with E-state index in [4.69, 9.17) is 0 Å². The molecule has 0 bridgehead atoms. The Morgan fingerprint density at radius 2 is 1.74 bits per heavy atom. The molecular formula is C21H29N3O2S. The number of nitrogens with one attached hydrogen (secondary N) is 1. The molecule has 1 aromatic heterocycles. The van der Waals surface area contributed by atoms with Gasteiger partial charge in [0.05, 0.1) is 11.8 Å². The van der Waals surface area contributed by atoms with Crippen molar-refractivity contribution in [1.29, 1.82) is 0 Å². The molecule has 0 spiro atoms. The molecule has 27 heavy (non-hydrogen) atoms. The van der Waals surface area contributed by atoms with Gasteiger partial charge in [0.1, 0.15) is 0 Å². The van der Waals surface area contributed by atoms with E-state index in [1.807, 2.05) is 11.5 Å². The molecule has 2 aromatic rings. The largest absolute Gasteiger partial charge is 0.348 e. The molecule has 0 saturated carbocycles. The zero-order valence-corrected chi connectivity index (χ0v) is 17.5. The predicted octanol–water partition coefficient (Wildman–Crippen LogP) is 3.99.